The Morgan fingerprint density at radius 1 is 1.35 bits per heavy atom. The highest BCUT2D eigenvalue weighted by molar-refractivity contribution is 6.74. The maximum Gasteiger partial charge on any atom is 0.280 e. The zero-order valence-electron chi connectivity index (χ0n) is 16.0. The van der Waals surface area contributed by atoms with E-state index >= 15 is 0 Å². The summed E-state index contributed by atoms with van der Waals surface area (Å²) < 4.78 is 8.20. The van der Waals surface area contributed by atoms with Crippen molar-refractivity contribution in [1.82, 2.24) is 19.5 Å². The third-order valence-electron chi connectivity index (χ3n) is 5.40. The topological polar surface area (TPSA) is 116 Å². The third kappa shape index (κ3) is 2.80. The van der Waals surface area contributed by atoms with Crippen LogP contribution >= 0.6 is 0 Å². The van der Waals surface area contributed by atoms with Crippen molar-refractivity contribution < 1.29 is 9.22 Å². The second-order valence-electron chi connectivity index (χ2n) is 8.46. The molecule has 2 aromatic rings. The van der Waals surface area contributed by atoms with Gasteiger partial charge < -0.3 is 14.7 Å². The van der Waals surface area contributed by atoms with E-state index in [-0.39, 0.29) is 27.9 Å². The molecule has 8 nitrogen and oxygen atoms in total. The maximum absolute atomic E-state index is 12.7. The van der Waals surface area contributed by atoms with Crippen molar-refractivity contribution >= 4 is 31.2 Å². The van der Waals surface area contributed by atoms with Gasteiger partial charge in [0.1, 0.15) is 11.6 Å². The Bertz CT molecular complexity index is 969. The minimum atomic E-state index is -2.17. The smallest absolute Gasteiger partial charge is 0.280 e. The fourth-order valence-electron chi connectivity index (χ4n) is 3.05. The number of aromatic nitrogens is 4. The van der Waals surface area contributed by atoms with Crippen LogP contribution in [0.4, 0.5) is 5.95 Å². The number of rotatable bonds is 3. The standard InChI is InChI=1S/C17H25N5O3Si/c1-16(2,3)26(5,6)25-17(4)8-7-10(23)12(17)22-9-19-11-13(22)20-15(18)21-14(11)24/h7-9,12H,1-6H3,(H3,18,20,21,24)/t12-,17-/m1/s1. The second-order valence-corrected chi connectivity index (χ2v) is 13.2. The number of fused-ring (bicyclic) bond motifs is 1. The number of imidazole rings is 1. The van der Waals surface area contributed by atoms with Crippen LogP contribution in [0.15, 0.2) is 23.3 Å². The van der Waals surface area contributed by atoms with Crippen LogP contribution in [0.25, 0.3) is 11.2 Å². The van der Waals surface area contributed by atoms with E-state index in [4.69, 9.17) is 10.2 Å². The van der Waals surface area contributed by atoms with E-state index < -0.39 is 25.5 Å². The summed E-state index contributed by atoms with van der Waals surface area (Å²) >= 11 is 0. The summed E-state index contributed by atoms with van der Waals surface area (Å²) in [4.78, 5) is 35.5. The largest absolute Gasteiger partial charge is 0.406 e. The Labute approximate surface area is 152 Å². The fraction of sp³-hybridized carbons (Fsp3) is 0.529. The average Bonchev–Trinajstić information content (AvgIpc) is 2.99. The Kier molecular flexibility index (Phi) is 4.00. The molecule has 1 aliphatic rings. The number of nitrogens with one attached hydrogen (secondary N) is 1. The van der Waals surface area contributed by atoms with Crippen LogP contribution in [0, 0.1) is 0 Å². The number of aromatic amines is 1. The predicted octanol–water partition coefficient (Wildman–Crippen LogP) is 2.16. The summed E-state index contributed by atoms with van der Waals surface area (Å²) in [6, 6.07) is -0.685. The molecule has 0 radical (unpaired) electrons. The molecule has 3 rings (SSSR count). The van der Waals surface area contributed by atoms with E-state index in [0.29, 0.717) is 0 Å². The SMILES string of the molecule is CC(C)(C)[Si](C)(C)O[C@]1(C)C=CC(=O)[C@H]1n1cnc2c(=O)[nH]c(N)nc21. The van der Waals surface area contributed by atoms with Crippen LogP contribution in [-0.2, 0) is 9.22 Å². The first-order valence-electron chi connectivity index (χ1n) is 8.51. The molecule has 26 heavy (non-hydrogen) atoms. The van der Waals surface area contributed by atoms with Gasteiger partial charge in [0.25, 0.3) is 5.56 Å². The molecule has 0 saturated carbocycles. The number of carbonyl (C=O) groups excluding carboxylic acids is 1. The molecule has 3 N–H and O–H groups in total. The molecule has 1 aliphatic carbocycles. The van der Waals surface area contributed by atoms with E-state index in [0.717, 1.165) is 0 Å². The van der Waals surface area contributed by atoms with Gasteiger partial charge in [-0.15, -0.1) is 0 Å². The van der Waals surface area contributed by atoms with E-state index in [1.54, 1.807) is 10.6 Å². The predicted molar refractivity (Wildman–Crippen MR) is 102 cm³/mol. The van der Waals surface area contributed by atoms with Gasteiger partial charge in [-0.3, -0.25) is 14.6 Å². The number of nitrogen functional groups attached to an aromatic ring is 1. The highest BCUT2D eigenvalue weighted by Crippen LogP contribution is 2.44. The molecular weight excluding hydrogens is 350 g/mol. The Hall–Kier alpha value is -2.26. The highest BCUT2D eigenvalue weighted by Gasteiger charge is 2.50. The highest BCUT2D eigenvalue weighted by atomic mass is 28.4. The van der Waals surface area contributed by atoms with Crippen molar-refractivity contribution in [2.24, 2.45) is 0 Å². The van der Waals surface area contributed by atoms with Crippen LogP contribution in [0.5, 0.6) is 0 Å². The van der Waals surface area contributed by atoms with Crippen LogP contribution in [0.1, 0.15) is 33.7 Å². The summed E-state index contributed by atoms with van der Waals surface area (Å²) in [7, 11) is -2.17. The molecule has 9 heteroatoms. The van der Waals surface area contributed by atoms with E-state index in [1.165, 1.54) is 12.4 Å². The van der Waals surface area contributed by atoms with Crippen LogP contribution < -0.4 is 11.3 Å². The van der Waals surface area contributed by atoms with Gasteiger partial charge in [-0.2, -0.15) is 4.98 Å². The number of H-pyrrole nitrogens is 1. The van der Waals surface area contributed by atoms with Gasteiger partial charge in [0.15, 0.2) is 25.3 Å². The quantitative estimate of drug-likeness (QED) is 0.794. The first-order valence-corrected chi connectivity index (χ1v) is 11.4. The van der Waals surface area contributed by atoms with Gasteiger partial charge in [-0.1, -0.05) is 20.8 Å². The molecule has 0 amide bonds. The Balaban J connectivity index is 2.12. The Morgan fingerprint density at radius 2 is 2.00 bits per heavy atom. The third-order valence-corrected chi connectivity index (χ3v) is 9.96. The lowest BCUT2D eigenvalue weighted by atomic mass is 10.00. The monoisotopic (exact) mass is 375 g/mol. The fourth-order valence-corrected chi connectivity index (χ4v) is 4.64. The van der Waals surface area contributed by atoms with Crippen molar-refractivity contribution in [2.75, 3.05) is 5.73 Å². The number of anilines is 1. The van der Waals surface area contributed by atoms with Crippen LogP contribution in [-0.4, -0.2) is 39.2 Å². The van der Waals surface area contributed by atoms with Crippen molar-refractivity contribution in [3.05, 3.63) is 28.8 Å². The number of hydrogen-bond donors (Lipinski definition) is 2. The van der Waals surface area contributed by atoms with E-state index in [1.807, 2.05) is 6.92 Å². The summed E-state index contributed by atoms with van der Waals surface area (Å²) in [6.07, 6.45) is 4.78. The average molecular weight is 376 g/mol. The van der Waals surface area contributed by atoms with E-state index in [2.05, 4.69) is 48.8 Å². The molecule has 2 heterocycles. The summed E-state index contributed by atoms with van der Waals surface area (Å²) in [6.45, 7) is 12.6. The minimum Gasteiger partial charge on any atom is -0.406 e. The molecule has 2 aromatic heterocycles. The van der Waals surface area contributed by atoms with Gasteiger partial charge in [0.2, 0.25) is 5.95 Å². The minimum absolute atomic E-state index is 0.0170. The Morgan fingerprint density at radius 3 is 2.62 bits per heavy atom. The number of carbonyl (C=O) groups is 1. The number of nitrogens with two attached hydrogens (primary N) is 1. The lowest BCUT2D eigenvalue weighted by Crippen LogP contribution is -2.51. The lowest BCUT2D eigenvalue weighted by Gasteiger charge is -2.44. The van der Waals surface area contributed by atoms with Crippen LogP contribution in [0.3, 0.4) is 0 Å². The molecule has 140 valence electrons. The molecule has 0 aliphatic heterocycles. The number of nitrogens with zero attached hydrogens (tertiary/aromatic N) is 3. The molecule has 0 bridgehead atoms. The molecule has 0 saturated heterocycles. The first-order chi connectivity index (χ1) is 11.9. The van der Waals surface area contributed by atoms with E-state index in [9.17, 15) is 9.59 Å². The van der Waals surface area contributed by atoms with Crippen LogP contribution in [0.2, 0.25) is 18.1 Å². The van der Waals surface area contributed by atoms with Gasteiger partial charge in [-0.25, -0.2) is 4.98 Å². The number of ketones is 1. The lowest BCUT2D eigenvalue weighted by molar-refractivity contribution is -0.120. The van der Waals surface area contributed by atoms with Gasteiger partial charge in [0.05, 0.1) is 6.33 Å². The molecule has 0 spiro atoms. The molecule has 2 atom stereocenters. The van der Waals surface area contributed by atoms with Crippen molar-refractivity contribution in [1.29, 1.82) is 0 Å². The van der Waals surface area contributed by atoms with Gasteiger partial charge >= 0.3 is 0 Å². The molecular formula is C17H25N5O3Si. The van der Waals surface area contributed by atoms with Gasteiger partial charge in [-0.05, 0) is 37.2 Å². The molecule has 0 unspecified atom stereocenters. The van der Waals surface area contributed by atoms with Crippen molar-refractivity contribution in [3.63, 3.8) is 0 Å². The first kappa shape index (κ1) is 18.5. The molecule has 0 fully saturated rings. The second kappa shape index (κ2) is 5.62. The number of allylic oxidation sites excluding steroid dienone is 1. The normalized spacial score (nSPS) is 23.9. The van der Waals surface area contributed by atoms with Gasteiger partial charge in [0, 0.05) is 0 Å². The van der Waals surface area contributed by atoms with Crippen molar-refractivity contribution in [2.45, 2.75) is 57.5 Å². The number of hydrogen-bond acceptors (Lipinski definition) is 6. The molecule has 0 aromatic carbocycles. The van der Waals surface area contributed by atoms with Crippen molar-refractivity contribution in [3.8, 4) is 0 Å². The summed E-state index contributed by atoms with van der Waals surface area (Å²) in [5, 5.41) is -0.0170. The zero-order chi connectivity index (χ0) is 19.5. The summed E-state index contributed by atoms with van der Waals surface area (Å²) in [5.41, 5.74) is 4.81. The zero-order valence-corrected chi connectivity index (χ0v) is 17.0. The summed E-state index contributed by atoms with van der Waals surface area (Å²) in [5.74, 6) is -0.138. The maximum atomic E-state index is 12.7.